The molecule has 1 N–H and O–H groups in total. The van der Waals surface area contributed by atoms with Gasteiger partial charge in [-0.3, -0.25) is 19.3 Å². The molecule has 1 unspecified atom stereocenters. The predicted molar refractivity (Wildman–Crippen MR) is 117 cm³/mol. The van der Waals surface area contributed by atoms with Gasteiger partial charge in [0.25, 0.3) is 11.8 Å². The Balaban J connectivity index is 1.57. The minimum Gasteiger partial charge on any atom is -0.371 e. The Morgan fingerprint density at radius 3 is 2.20 bits per heavy atom. The summed E-state index contributed by atoms with van der Waals surface area (Å²) < 4.78 is 0. The normalized spacial score (nSPS) is 16.9. The lowest BCUT2D eigenvalue weighted by Gasteiger charge is -2.27. The molecule has 0 aliphatic carbocycles. The van der Waals surface area contributed by atoms with Crippen molar-refractivity contribution in [3.05, 3.63) is 59.7 Å². The van der Waals surface area contributed by atoms with Crippen LogP contribution in [0.25, 0.3) is 0 Å². The molecule has 156 valence electrons. The maximum absolute atomic E-state index is 13.2. The van der Waals surface area contributed by atoms with Crippen LogP contribution >= 0.6 is 0 Å². The molecule has 2 heterocycles. The highest BCUT2D eigenvalue weighted by molar-refractivity contribution is 6.23. The van der Waals surface area contributed by atoms with E-state index in [1.54, 1.807) is 24.3 Å². The summed E-state index contributed by atoms with van der Waals surface area (Å²) in [5.41, 5.74) is 2.47. The number of carbonyl (C=O) groups excluding carboxylic acids is 3. The Labute approximate surface area is 176 Å². The third-order valence-electron chi connectivity index (χ3n) is 5.72. The molecule has 30 heavy (non-hydrogen) atoms. The van der Waals surface area contributed by atoms with E-state index in [-0.39, 0.29) is 11.8 Å². The third kappa shape index (κ3) is 3.82. The van der Waals surface area contributed by atoms with E-state index in [0.717, 1.165) is 23.7 Å². The summed E-state index contributed by atoms with van der Waals surface area (Å²) in [6.07, 6.45) is 2.75. The molecule has 2 aliphatic rings. The van der Waals surface area contributed by atoms with E-state index in [4.69, 9.17) is 0 Å². The Morgan fingerprint density at radius 1 is 0.967 bits per heavy atom. The first-order chi connectivity index (χ1) is 14.5. The van der Waals surface area contributed by atoms with Gasteiger partial charge in [0.1, 0.15) is 6.04 Å². The minimum atomic E-state index is -0.854. The molecule has 0 aromatic heterocycles. The molecule has 1 fully saturated rings. The largest absolute Gasteiger partial charge is 0.371 e. The van der Waals surface area contributed by atoms with Crippen molar-refractivity contribution in [1.29, 1.82) is 0 Å². The second-order valence-electron chi connectivity index (χ2n) is 8.40. The SMILES string of the molecule is CC(C)CC(C(=O)Nc1cccc(N2CCCC2)c1)N1C(=O)c2ccccc2C1=O. The number of fused-ring (bicyclic) bond motifs is 1. The van der Waals surface area contributed by atoms with Gasteiger partial charge in [-0.25, -0.2) is 0 Å². The van der Waals surface area contributed by atoms with Gasteiger partial charge in [-0.1, -0.05) is 32.0 Å². The smallest absolute Gasteiger partial charge is 0.262 e. The molecule has 1 atom stereocenters. The van der Waals surface area contributed by atoms with E-state index in [1.165, 1.54) is 12.8 Å². The highest BCUT2D eigenvalue weighted by Crippen LogP contribution is 2.28. The highest BCUT2D eigenvalue weighted by atomic mass is 16.2. The van der Waals surface area contributed by atoms with Crippen molar-refractivity contribution >= 4 is 29.1 Å². The summed E-state index contributed by atoms with van der Waals surface area (Å²) in [4.78, 5) is 42.5. The zero-order valence-electron chi connectivity index (χ0n) is 17.4. The summed E-state index contributed by atoms with van der Waals surface area (Å²) in [5, 5.41) is 2.94. The highest BCUT2D eigenvalue weighted by Gasteiger charge is 2.42. The Kier molecular flexibility index (Phi) is 5.57. The standard InChI is InChI=1S/C24H27N3O3/c1-16(2)14-21(27-23(29)19-10-3-4-11-20(19)24(27)30)22(28)25-17-8-7-9-18(15-17)26-12-5-6-13-26/h3-4,7-11,15-16,21H,5-6,12-14H2,1-2H3,(H,25,28). The van der Waals surface area contributed by atoms with Crippen molar-refractivity contribution < 1.29 is 14.4 Å². The number of imide groups is 1. The molecule has 6 nitrogen and oxygen atoms in total. The summed E-state index contributed by atoms with van der Waals surface area (Å²) >= 11 is 0. The number of hydrogen-bond donors (Lipinski definition) is 1. The van der Waals surface area contributed by atoms with Crippen molar-refractivity contribution in [1.82, 2.24) is 4.90 Å². The summed E-state index contributed by atoms with van der Waals surface area (Å²) in [5.74, 6) is -0.998. The lowest BCUT2D eigenvalue weighted by atomic mass is 10.0. The molecule has 0 radical (unpaired) electrons. The van der Waals surface area contributed by atoms with Crippen LogP contribution in [0.15, 0.2) is 48.5 Å². The summed E-state index contributed by atoms with van der Waals surface area (Å²) in [7, 11) is 0. The average Bonchev–Trinajstić information content (AvgIpc) is 3.35. The number of rotatable bonds is 6. The molecule has 0 bridgehead atoms. The fourth-order valence-electron chi connectivity index (χ4n) is 4.25. The van der Waals surface area contributed by atoms with Crippen molar-refractivity contribution in [2.75, 3.05) is 23.3 Å². The summed E-state index contributed by atoms with van der Waals surface area (Å²) in [6, 6.07) is 13.6. The van der Waals surface area contributed by atoms with Crippen molar-refractivity contribution in [3.63, 3.8) is 0 Å². The van der Waals surface area contributed by atoms with Gasteiger partial charge in [-0.05, 0) is 55.5 Å². The fraction of sp³-hybridized carbons (Fsp3) is 0.375. The van der Waals surface area contributed by atoms with Gasteiger partial charge in [0, 0.05) is 24.5 Å². The van der Waals surface area contributed by atoms with E-state index in [2.05, 4.69) is 10.2 Å². The minimum absolute atomic E-state index is 0.140. The number of hydrogen-bond acceptors (Lipinski definition) is 4. The van der Waals surface area contributed by atoms with Gasteiger partial charge in [0.15, 0.2) is 0 Å². The van der Waals surface area contributed by atoms with Crippen LogP contribution < -0.4 is 10.2 Å². The first kappa shape index (κ1) is 20.1. The molecule has 3 amide bonds. The third-order valence-corrected chi connectivity index (χ3v) is 5.72. The van der Waals surface area contributed by atoms with Crippen LogP contribution in [-0.2, 0) is 4.79 Å². The quantitative estimate of drug-likeness (QED) is 0.739. The van der Waals surface area contributed by atoms with Crippen molar-refractivity contribution in [2.45, 2.75) is 39.2 Å². The fourth-order valence-corrected chi connectivity index (χ4v) is 4.25. The molecule has 2 aromatic carbocycles. The molecular weight excluding hydrogens is 378 g/mol. The lowest BCUT2D eigenvalue weighted by Crippen LogP contribution is -2.47. The van der Waals surface area contributed by atoms with Gasteiger partial charge in [-0.15, -0.1) is 0 Å². The van der Waals surface area contributed by atoms with Crippen LogP contribution in [0.1, 0.15) is 53.8 Å². The van der Waals surface area contributed by atoms with Crippen LogP contribution in [0, 0.1) is 5.92 Å². The molecule has 1 saturated heterocycles. The molecule has 0 saturated carbocycles. The molecule has 2 aromatic rings. The zero-order valence-corrected chi connectivity index (χ0v) is 17.4. The van der Waals surface area contributed by atoms with E-state index in [9.17, 15) is 14.4 Å². The maximum Gasteiger partial charge on any atom is 0.262 e. The van der Waals surface area contributed by atoms with Gasteiger partial charge < -0.3 is 10.2 Å². The van der Waals surface area contributed by atoms with Crippen molar-refractivity contribution in [2.24, 2.45) is 5.92 Å². The molecule has 4 rings (SSSR count). The number of amides is 3. The van der Waals surface area contributed by atoms with Crippen LogP contribution in [0.3, 0.4) is 0 Å². The zero-order chi connectivity index (χ0) is 21.3. The Morgan fingerprint density at radius 2 is 1.60 bits per heavy atom. The van der Waals surface area contributed by atoms with E-state index < -0.39 is 17.9 Å². The monoisotopic (exact) mass is 405 g/mol. The summed E-state index contributed by atoms with van der Waals surface area (Å²) in [6.45, 7) is 5.99. The average molecular weight is 405 g/mol. The number of anilines is 2. The Hall–Kier alpha value is -3.15. The van der Waals surface area contributed by atoms with Crippen LogP contribution in [0.2, 0.25) is 0 Å². The number of carbonyl (C=O) groups is 3. The van der Waals surface area contributed by atoms with Crippen LogP contribution in [0.4, 0.5) is 11.4 Å². The van der Waals surface area contributed by atoms with Crippen LogP contribution in [0.5, 0.6) is 0 Å². The van der Waals surface area contributed by atoms with Gasteiger partial charge in [0.05, 0.1) is 11.1 Å². The second kappa shape index (κ2) is 8.30. The molecular formula is C24H27N3O3. The Bertz CT molecular complexity index is 944. The van der Waals surface area contributed by atoms with E-state index in [0.29, 0.717) is 23.2 Å². The van der Waals surface area contributed by atoms with Gasteiger partial charge in [-0.2, -0.15) is 0 Å². The van der Waals surface area contributed by atoms with Crippen molar-refractivity contribution in [3.8, 4) is 0 Å². The lowest BCUT2D eigenvalue weighted by molar-refractivity contribution is -0.120. The number of nitrogens with one attached hydrogen (secondary N) is 1. The second-order valence-corrected chi connectivity index (χ2v) is 8.40. The molecule has 2 aliphatic heterocycles. The van der Waals surface area contributed by atoms with Gasteiger partial charge in [0.2, 0.25) is 5.91 Å². The van der Waals surface area contributed by atoms with Gasteiger partial charge >= 0.3 is 0 Å². The predicted octanol–water partition coefficient (Wildman–Crippen LogP) is 3.94. The first-order valence-electron chi connectivity index (χ1n) is 10.6. The molecule has 0 spiro atoms. The first-order valence-corrected chi connectivity index (χ1v) is 10.6. The topological polar surface area (TPSA) is 69.7 Å². The van der Waals surface area contributed by atoms with Crippen LogP contribution in [-0.4, -0.2) is 41.8 Å². The number of benzene rings is 2. The number of nitrogens with zero attached hydrogens (tertiary/aromatic N) is 2. The van der Waals surface area contributed by atoms with E-state index >= 15 is 0 Å². The van der Waals surface area contributed by atoms with E-state index in [1.807, 2.05) is 38.1 Å². The maximum atomic E-state index is 13.2. The molecule has 6 heteroatoms.